The second-order valence-corrected chi connectivity index (χ2v) is 7.86. The zero-order chi connectivity index (χ0) is 16.3. The van der Waals surface area contributed by atoms with E-state index in [1.807, 2.05) is 31.2 Å². The Morgan fingerprint density at radius 1 is 1.27 bits per heavy atom. The zero-order valence-electron chi connectivity index (χ0n) is 13.0. The standard InChI is InChI=1S/C16H23NO4S/c1-11(13-9-14(18)10-13)16(22(17,19)20)8-5-12-3-6-15(21-2)7-4-12/h3-4,6-7,11,13,16H,5,8-10H2,1-2H3,(H2,17,19,20). The van der Waals surface area contributed by atoms with Gasteiger partial charge in [0.15, 0.2) is 0 Å². The van der Waals surface area contributed by atoms with Gasteiger partial charge in [0.2, 0.25) is 10.0 Å². The van der Waals surface area contributed by atoms with Gasteiger partial charge in [-0.05, 0) is 42.4 Å². The van der Waals surface area contributed by atoms with Crippen molar-refractivity contribution in [2.24, 2.45) is 17.0 Å². The van der Waals surface area contributed by atoms with Gasteiger partial charge in [-0.1, -0.05) is 19.1 Å². The molecule has 0 aliphatic heterocycles. The van der Waals surface area contributed by atoms with Crippen LogP contribution in [0.1, 0.15) is 31.7 Å². The van der Waals surface area contributed by atoms with E-state index in [-0.39, 0.29) is 17.6 Å². The first-order valence-electron chi connectivity index (χ1n) is 7.47. The highest BCUT2D eigenvalue weighted by atomic mass is 32.2. The van der Waals surface area contributed by atoms with E-state index < -0.39 is 15.3 Å². The van der Waals surface area contributed by atoms with Crippen LogP contribution in [-0.4, -0.2) is 26.6 Å². The number of methoxy groups -OCH3 is 1. The molecule has 2 N–H and O–H groups in total. The molecular weight excluding hydrogens is 302 g/mol. The summed E-state index contributed by atoms with van der Waals surface area (Å²) in [6.07, 6.45) is 2.07. The molecule has 1 aliphatic rings. The molecule has 2 rings (SSSR count). The van der Waals surface area contributed by atoms with Crippen LogP contribution in [0, 0.1) is 11.8 Å². The normalized spacial score (nSPS) is 18.6. The molecule has 6 heteroatoms. The minimum atomic E-state index is -3.62. The van der Waals surface area contributed by atoms with Gasteiger partial charge in [-0.3, -0.25) is 4.79 Å². The Kier molecular flexibility index (Phi) is 5.24. The Hall–Kier alpha value is -1.40. The van der Waals surface area contributed by atoms with E-state index >= 15 is 0 Å². The summed E-state index contributed by atoms with van der Waals surface area (Å²) in [5.74, 6) is 1.03. The number of carbonyl (C=O) groups excluding carboxylic acids is 1. The van der Waals surface area contributed by atoms with E-state index in [9.17, 15) is 13.2 Å². The minimum absolute atomic E-state index is 0.0917. The van der Waals surface area contributed by atoms with Gasteiger partial charge in [0.1, 0.15) is 11.5 Å². The molecule has 22 heavy (non-hydrogen) atoms. The van der Waals surface area contributed by atoms with Crippen molar-refractivity contribution in [1.82, 2.24) is 0 Å². The van der Waals surface area contributed by atoms with Crippen molar-refractivity contribution >= 4 is 15.8 Å². The number of nitrogens with two attached hydrogens (primary N) is 1. The number of ether oxygens (including phenoxy) is 1. The van der Waals surface area contributed by atoms with Crippen molar-refractivity contribution in [2.75, 3.05) is 7.11 Å². The molecule has 0 amide bonds. The number of benzene rings is 1. The van der Waals surface area contributed by atoms with Gasteiger partial charge in [0.05, 0.1) is 12.4 Å². The fourth-order valence-electron chi connectivity index (χ4n) is 3.03. The lowest BCUT2D eigenvalue weighted by atomic mass is 9.73. The van der Waals surface area contributed by atoms with Crippen LogP contribution in [-0.2, 0) is 21.2 Å². The molecule has 5 nitrogen and oxygen atoms in total. The molecule has 1 saturated carbocycles. The molecule has 0 radical (unpaired) electrons. The fraction of sp³-hybridized carbons (Fsp3) is 0.562. The van der Waals surface area contributed by atoms with Crippen LogP contribution in [0.5, 0.6) is 5.75 Å². The van der Waals surface area contributed by atoms with E-state index in [1.165, 1.54) is 0 Å². The third kappa shape index (κ3) is 4.08. The van der Waals surface area contributed by atoms with Crippen LogP contribution in [0.15, 0.2) is 24.3 Å². The van der Waals surface area contributed by atoms with Gasteiger partial charge in [-0.25, -0.2) is 13.6 Å². The highest BCUT2D eigenvalue weighted by Gasteiger charge is 2.39. The molecule has 1 aromatic carbocycles. The summed E-state index contributed by atoms with van der Waals surface area (Å²) < 4.78 is 28.9. The highest BCUT2D eigenvalue weighted by Crippen LogP contribution is 2.35. The van der Waals surface area contributed by atoms with E-state index in [2.05, 4.69) is 0 Å². The predicted molar refractivity (Wildman–Crippen MR) is 85.1 cm³/mol. The number of Topliss-reactive ketones (excluding diaryl/α,β-unsaturated/α-hetero) is 1. The Morgan fingerprint density at radius 3 is 2.32 bits per heavy atom. The second kappa shape index (κ2) is 6.79. The lowest BCUT2D eigenvalue weighted by Gasteiger charge is -2.34. The highest BCUT2D eigenvalue weighted by molar-refractivity contribution is 7.89. The van der Waals surface area contributed by atoms with Gasteiger partial charge in [-0.15, -0.1) is 0 Å². The summed E-state index contributed by atoms with van der Waals surface area (Å²) in [5.41, 5.74) is 1.05. The van der Waals surface area contributed by atoms with E-state index in [0.29, 0.717) is 25.7 Å². The number of primary sulfonamides is 1. The van der Waals surface area contributed by atoms with Crippen LogP contribution >= 0.6 is 0 Å². The van der Waals surface area contributed by atoms with Crippen molar-refractivity contribution in [3.05, 3.63) is 29.8 Å². The van der Waals surface area contributed by atoms with Gasteiger partial charge < -0.3 is 4.74 Å². The summed E-state index contributed by atoms with van der Waals surface area (Å²) in [7, 11) is -2.02. The largest absolute Gasteiger partial charge is 0.497 e. The molecular formula is C16H23NO4S. The molecule has 1 aromatic rings. The molecule has 0 aromatic heterocycles. The quantitative estimate of drug-likeness (QED) is 0.829. The van der Waals surface area contributed by atoms with Crippen LogP contribution in [0.4, 0.5) is 0 Å². The van der Waals surface area contributed by atoms with Gasteiger partial charge in [0, 0.05) is 12.8 Å². The Morgan fingerprint density at radius 2 is 1.86 bits per heavy atom. The first-order chi connectivity index (χ1) is 10.3. The van der Waals surface area contributed by atoms with Crippen LogP contribution in [0.25, 0.3) is 0 Å². The number of carbonyl (C=O) groups is 1. The van der Waals surface area contributed by atoms with Crippen LogP contribution in [0.2, 0.25) is 0 Å². The predicted octanol–water partition coefficient (Wildman–Crippen LogP) is 1.90. The second-order valence-electron chi connectivity index (χ2n) is 6.08. The summed E-state index contributed by atoms with van der Waals surface area (Å²) >= 11 is 0. The maximum Gasteiger partial charge on any atom is 0.212 e. The molecule has 2 unspecified atom stereocenters. The number of hydrogen-bond donors (Lipinski definition) is 1. The van der Waals surface area contributed by atoms with Crippen LogP contribution in [0.3, 0.4) is 0 Å². The molecule has 2 atom stereocenters. The lowest BCUT2D eigenvalue weighted by molar-refractivity contribution is -0.128. The third-order valence-corrected chi connectivity index (χ3v) is 6.12. The average molecular weight is 325 g/mol. The first kappa shape index (κ1) is 17.0. The van der Waals surface area contributed by atoms with Crippen molar-refractivity contribution < 1.29 is 17.9 Å². The van der Waals surface area contributed by atoms with Crippen molar-refractivity contribution in [3.63, 3.8) is 0 Å². The maximum absolute atomic E-state index is 11.9. The maximum atomic E-state index is 11.9. The van der Waals surface area contributed by atoms with E-state index in [4.69, 9.17) is 9.88 Å². The smallest absolute Gasteiger partial charge is 0.212 e. The average Bonchev–Trinajstić information content (AvgIpc) is 2.43. The van der Waals surface area contributed by atoms with Crippen molar-refractivity contribution in [3.8, 4) is 5.75 Å². The van der Waals surface area contributed by atoms with Crippen LogP contribution < -0.4 is 9.88 Å². The number of ketones is 1. The fourth-order valence-corrected chi connectivity index (χ4v) is 4.29. The van der Waals surface area contributed by atoms with Gasteiger partial charge >= 0.3 is 0 Å². The summed E-state index contributed by atoms with van der Waals surface area (Å²) in [4.78, 5) is 11.1. The Bertz CT molecular complexity index is 616. The molecule has 1 aliphatic carbocycles. The van der Waals surface area contributed by atoms with Crippen molar-refractivity contribution in [1.29, 1.82) is 0 Å². The number of sulfonamides is 1. The lowest BCUT2D eigenvalue weighted by Crippen LogP contribution is -2.42. The molecule has 0 saturated heterocycles. The molecule has 0 spiro atoms. The third-order valence-electron chi connectivity index (χ3n) is 4.61. The monoisotopic (exact) mass is 325 g/mol. The number of hydrogen-bond acceptors (Lipinski definition) is 4. The molecule has 0 bridgehead atoms. The number of aryl methyl sites for hydroxylation is 1. The zero-order valence-corrected chi connectivity index (χ0v) is 13.8. The van der Waals surface area contributed by atoms with E-state index in [1.54, 1.807) is 7.11 Å². The Balaban J connectivity index is 2.02. The SMILES string of the molecule is COc1ccc(CCC(C(C)C2CC(=O)C2)S(N)(=O)=O)cc1. The van der Waals surface area contributed by atoms with E-state index in [0.717, 1.165) is 11.3 Å². The Labute approximate surface area is 131 Å². The number of rotatable bonds is 7. The molecule has 1 fully saturated rings. The minimum Gasteiger partial charge on any atom is -0.497 e. The topological polar surface area (TPSA) is 86.5 Å². The summed E-state index contributed by atoms with van der Waals surface area (Å²) in [6, 6.07) is 7.57. The summed E-state index contributed by atoms with van der Waals surface area (Å²) in [6.45, 7) is 1.89. The van der Waals surface area contributed by atoms with Gasteiger partial charge in [0.25, 0.3) is 0 Å². The first-order valence-corrected chi connectivity index (χ1v) is 9.08. The van der Waals surface area contributed by atoms with Crippen molar-refractivity contribution in [2.45, 2.75) is 37.9 Å². The van der Waals surface area contributed by atoms with Gasteiger partial charge in [-0.2, -0.15) is 0 Å². The molecule has 0 heterocycles. The molecule has 122 valence electrons. The summed E-state index contributed by atoms with van der Waals surface area (Å²) in [5, 5.41) is 4.80.